The van der Waals surface area contributed by atoms with Crippen LogP contribution < -0.4 is 5.73 Å². The second-order valence-corrected chi connectivity index (χ2v) is 7.57. The Morgan fingerprint density at radius 1 is 1.17 bits per heavy atom. The Bertz CT molecular complexity index is 634. The number of carbonyl (C=O) groups excluding carboxylic acids is 1. The number of rotatable bonds is 2. The van der Waals surface area contributed by atoms with Crippen molar-refractivity contribution in [1.82, 2.24) is 0 Å². The van der Waals surface area contributed by atoms with E-state index in [1.165, 1.54) is 0 Å². The van der Waals surface area contributed by atoms with Crippen LogP contribution in [0.1, 0.15) is 26.4 Å². The summed E-state index contributed by atoms with van der Waals surface area (Å²) in [5.74, 6) is 0.0138. The maximum Gasteiger partial charge on any atom is 0.194 e. The van der Waals surface area contributed by atoms with Gasteiger partial charge in [0.2, 0.25) is 0 Å². The molecule has 0 spiro atoms. The van der Waals surface area contributed by atoms with E-state index in [0.717, 1.165) is 24.3 Å². The van der Waals surface area contributed by atoms with E-state index in [2.05, 4.69) is 31.9 Å². The Hall–Kier alpha value is -0.650. The number of benzene rings is 1. The Morgan fingerprint density at radius 3 is 2.39 bits per heavy atom. The van der Waals surface area contributed by atoms with Gasteiger partial charge in [0, 0.05) is 26.2 Å². The average molecular weight is 389 g/mol. The van der Waals surface area contributed by atoms with E-state index in [9.17, 15) is 4.79 Å². The molecule has 0 saturated heterocycles. The molecule has 2 N–H and O–H groups in total. The minimum atomic E-state index is 0.0138. The number of hydrogen-bond donors (Lipinski definition) is 1. The van der Waals surface area contributed by atoms with Gasteiger partial charge < -0.3 is 5.73 Å². The van der Waals surface area contributed by atoms with Crippen LogP contribution in [0, 0.1) is 13.8 Å². The fourth-order valence-corrected chi connectivity index (χ4v) is 3.92. The molecule has 0 aliphatic rings. The first-order valence-electron chi connectivity index (χ1n) is 5.26. The zero-order valence-electron chi connectivity index (χ0n) is 9.88. The van der Waals surface area contributed by atoms with Gasteiger partial charge >= 0.3 is 0 Å². The Labute approximate surface area is 126 Å². The van der Waals surface area contributed by atoms with Gasteiger partial charge in [-0.2, -0.15) is 0 Å². The van der Waals surface area contributed by atoms with Crippen LogP contribution in [0.2, 0.25) is 0 Å². The molecule has 0 atom stereocenters. The van der Waals surface area contributed by atoms with Crippen molar-refractivity contribution in [2.45, 2.75) is 13.8 Å². The first-order chi connectivity index (χ1) is 8.40. The number of aryl methyl sites for hydroxylation is 1. The lowest BCUT2D eigenvalue weighted by molar-refractivity contribution is 0.103. The summed E-state index contributed by atoms with van der Waals surface area (Å²) in [6.45, 7) is 3.81. The average Bonchev–Trinajstić information content (AvgIpc) is 2.62. The number of thiophene rings is 1. The quantitative estimate of drug-likeness (QED) is 0.598. The molecule has 5 heteroatoms. The molecule has 18 heavy (non-hydrogen) atoms. The lowest BCUT2D eigenvalue weighted by Crippen LogP contribution is -2.06. The summed E-state index contributed by atoms with van der Waals surface area (Å²) < 4.78 is 1.78. The molecule has 0 amide bonds. The minimum Gasteiger partial charge on any atom is -0.398 e. The van der Waals surface area contributed by atoms with Crippen LogP contribution in [-0.2, 0) is 0 Å². The zero-order chi connectivity index (χ0) is 13.4. The predicted octanol–water partition coefficient (Wildman–Crippen LogP) is 4.70. The van der Waals surface area contributed by atoms with Crippen LogP contribution in [0.15, 0.2) is 26.5 Å². The fraction of sp³-hybridized carbons (Fsp3) is 0.154. The SMILES string of the molecule is Cc1sc(Br)cc1C(=O)c1cc(Br)cc(N)c1C. The van der Waals surface area contributed by atoms with Gasteiger partial charge in [-0.3, -0.25) is 4.79 Å². The highest BCUT2D eigenvalue weighted by molar-refractivity contribution is 9.11. The van der Waals surface area contributed by atoms with E-state index < -0.39 is 0 Å². The van der Waals surface area contributed by atoms with E-state index in [0.29, 0.717) is 11.3 Å². The van der Waals surface area contributed by atoms with Crippen molar-refractivity contribution in [1.29, 1.82) is 0 Å². The van der Waals surface area contributed by atoms with Crippen LogP contribution in [0.3, 0.4) is 0 Å². The van der Waals surface area contributed by atoms with Crippen molar-refractivity contribution in [3.8, 4) is 0 Å². The van der Waals surface area contributed by atoms with Gasteiger partial charge in [-0.15, -0.1) is 11.3 Å². The van der Waals surface area contributed by atoms with E-state index in [1.807, 2.05) is 32.0 Å². The van der Waals surface area contributed by atoms with Gasteiger partial charge in [0.1, 0.15) is 0 Å². The maximum atomic E-state index is 12.5. The summed E-state index contributed by atoms with van der Waals surface area (Å²) in [6.07, 6.45) is 0. The second kappa shape index (κ2) is 5.15. The summed E-state index contributed by atoms with van der Waals surface area (Å²) in [5.41, 5.74) is 8.72. The summed E-state index contributed by atoms with van der Waals surface area (Å²) in [5, 5.41) is 0. The van der Waals surface area contributed by atoms with Gasteiger partial charge in [0.25, 0.3) is 0 Å². The van der Waals surface area contributed by atoms with Crippen LogP contribution in [-0.4, -0.2) is 5.78 Å². The minimum absolute atomic E-state index is 0.0138. The molecule has 0 fully saturated rings. The predicted molar refractivity (Wildman–Crippen MR) is 83.5 cm³/mol. The highest BCUT2D eigenvalue weighted by Gasteiger charge is 2.18. The van der Waals surface area contributed by atoms with E-state index in [-0.39, 0.29) is 5.78 Å². The molecule has 1 heterocycles. The fourth-order valence-electron chi connectivity index (χ4n) is 1.75. The van der Waals surface area contributed by atoms with Gasteiger partial charge in [0.15, 0.2) is 5.78 Å². The summed E-state index contributed by atoms with van der Waals surface area (Å²) >= 11 is 8.34. The maximum absolute atomic E-state index is 12.5. The van der Waals surface area contributed by atoms with Crippen molar-refractivity contribution in [3.63, 3.8) is 0 Å². The summed E-state index contributed by atoms with van der Waals surface area (Å²) in [6, 6.07) is 5.49. The smallest absolute Gasteiger partial charge is 0.194 e. The molecule has 0 radical (unpaired) electrons. The standard InChI is InChI=1S/C13H11Br2NOS/c1-6-9(3-8(14)4-11(6)16)13(17)10-5-12(15)18-7(10)2/h3-5H,16H2,1-2H3. The van der Waals surface area contributed by atoms with Crippen molar-refractivity contribution in [3.05, 3.63) is 48.0 Å². The van der Waals surface area contributed by atoms with Crippen molar-refractivity contribution in [2.75, 3.05) is 5.73 Å². The molecule has 0 bridgehead atoms. The van der Waals surface area contributed by atoms with Crippen LogP contribution >= 0.6 is 43.2 Å². The molecule has 0 aliphatic carbocycles. The molecule has 1 aromatic heterocycles. The summed E-state index contributed by atoms with van der Waals surface area (Å²) in [4.78, 5) is 13.5. The molecular weight excluding hydrogens is 378 g/mol. The van der Waals surface area contributed by atoms with Gasteiger partial charge in [-0.25, -0.2) is 0 Å². The van der Waals surface area contributed by atoms with E-state index in [1.54, 1.807) is 11.3 Å². The topological polar surface area (TPSA) is 43.1 Å². The van der Waals surface area contributed by atoms with Crippen LogP contribution in [0.5, 0.6) is 0 Å². The highest BCUT2D eigenvalue weighted by atomic mass is 79.9. The molecule has 2 nitrogen and oxygen atoms in total. The third kappa shape index (κ3) is 2.53. The van der Waals surface area contributed by atoms with E-state index in [4.69, 9.17) is 5.73 Å². The Kier molecular flexibility index (Phi) is 3.94. The van der Waals surface area contributed by atoms with Crippen molar-refractivity contribution >= 4 is 54.7 Å². The largest absolute Gasteiger partial charge is 0.398 e. The van der Waals surface area contributed by atoms with Crippen molar-refractivity contribution in [2.24, 2.45) is 0 Å². The zero-order valence-corrected chi connectivity index (χ0v) is 13.9. The van der Waals surface area contributed by atoms with Crippen LogP contribution in [0.25, 0.3) is 0 Å². The number of ketones is 1. The first-order valence-corrected chi connectivity index (χ1v) is 7.66. The first kappa shape index (κ1) is 13.8. The second-order valence-electron chi connectivity index (χ2n) is 4.02. The van der Waals surface area contributed by atoms with Gasteiger partial charge in [0.05, 0.1) is 3.79 Å². The molecule has 2 rings (SSSR count). The molecular formula is C13H11Br2NOS. The molecule has 0 aliphatic heterocycles. The third-order valence-corrected chi connectivity index (χ3v) is 4.80. The highest BCUT2D eigenvalue weighted by Crippen LogP contribution is 2.30. The molecule has 2 aromatic rings. The van der Waals surface area contributed by atoms with Crippen LogP contribution in [0.4, 0.5) is 5.69 Å². The monoisotopic (exact) mass is 387 g/mol. The molecule has 94 valence electrons. The van der Waals surface area contributed by atoms with Gasteiger partial charge in [-0.1, -0.05) is 15.9 Å². The summed E-state index contributed by atoms with van der Waals surface area (Å²) in [7, 11) is 0. The number of carbonyl (C=O) groups is 1. The number of nitrogen functional groups attached to an aromatic ring is 1. The molecule has 0 unspecified atom stereocenters. The normalized spacial score (nSPS) is 10.7. The van der Waals surface area contributed by atoms with Gasteiger partial charge in [-0.05, 0) is 53.5 Å². The molecule has 1 aromatic carbocycles. The number of nitrogens with two attached hydrogens (primary N) is 1. The Morgan fingerprint density at radius 2 is 1.83 bits per heavy atom. The lowest BCUT2D eigenvalue weighted by Gasteiger charge is -2.08. The Balaban J connectivity index is 2.56. The van der Waals surface area contributed by atoms with E-state index >= 15 is 0 Å². The number of hydrogen-bond acceptors (Lipinski definition) is 3. The molecule has 0 saturated carbocycles. The third-order valence-electron chi connectivity index (χ3n) is 2.79. The lowest BCUT2D eigenvalue weighted by atomic mass is 9.98. The van der Waals surface area contributed by atoms with Crippen molar-refractivity contribution < 1.29 is 4.79 Å². The number of halogens is 2. The number of anilines is 1.